The van der Waals surface area contributed by atoms with Gasteiger partial charge in [0, 0.05) is 24.1 Å². The summed E-state index contributed by atoms with van der Waals surface area (Å²) in [6, 6.07) is 8.40. The van der Waals surface area contributed by atoms with Crippen LogP contribution in [0.1, 0.15) is 5.56 Å². The Bertz CT molecular complexity index is 933. The summed E-state index contributed by atoms with van der Waals surface area (Å²) < 4.78 is 0. The Morgan fingerprint density at radius 2 is 1.86 bits per heavy atom. The lowest BCUT2D eigenvalue weighted by molar-refractivity contribution is -0.384. The smallest absolute Gasteiger partial charge is 0.274 e. The first-order chi connectivity index (χ1) is 10.5. The van der Waals surface area contributed by atoms with Gasteiger partial charge >= 0.3 is 0 Å². The Labute approximate surface area is 123 Å². The summed E-state index contributed by atoms with van der Waals surface area (Å²) in [6.45, 7) is 0. The molecule has 0 saturated heterocycles. The number of benzene rings is 2. The number of fused-ring (bicyclic) bond motifs is 1. The number of non-ortho nitro benzene ring substituents is 1. The van der Waals surface area contributed by atoms with Crippen LogP contribution < -0.4 is 10.6 Å². The van der Waals surface area contributed by atoms with Gasteiger partial charge in [-0.2, -0.15) is 0 Å². The molecule has 1 aliphatic rings. The van der Waals surface area contributed by atoms with Crippen molar-refractivity contribution in [1.82, 2.24) is 0 Å². The molecule has 2 aromatic carbocycles. The quantitative estimate of drug-likeness (QED) is 0.488. The summed E-state index contributed by atoms with van der Waals surface area (Å²) in [7, 11) is 0. The molecular formula is C15H10N2O5. The number of carbonyl (C=O) groups excluding carboxylic acids is 1. The zero-order valence-electron chi connectivity index (χ0n) is 11.2. The molecule has 0 saturated carbocycles. The molecule has 3 rings (SSSR count). The molecule has 1 heterocycles. The van der Waals surface area contributed by atoms with Gasteiger partial charge in [0.15, 0.2) is 0 Å². The number of phenolic OH excluding ortho intramolecular Hbond substituents is 2. The van der Waals surface area contributed by atoms with Gasteiger partial charge in [0.2, 0.25) is 0 Å². The summed E-state index contributed by atoms with van der Waals surface area (Å²) in [5, 5.41) is 30.6. The number of amides is 1. The van der Waals surface area contributed by atoms with Crippen LogP contribution in [0.15, 0.2) is 41.4 Å². The molecule has 0 aromatic heterocycles. The molecule has 0 fully saturated rings. The molecule has 0 atom stereocenters. The van der Waals surface area contributed by atoms with E-state index >= 15 is 0 Å². The molecule has 0 spiro atoms. The van der Waals surface area contributed by atoms with Gasteiger partial charge in [-0.05, 0) is 17.7 Å². The number of hydrogen-bond acceptors (Lipinski definition) is 5. The summed E-state index contributed by atoms with van der Waals surface area (Å²) >= 11 is 0. The first kappa shape index (κ1) is 13.7. The molecule has 7 nitrogen and oxygen atoms in total. The van der Waals surface area contributed by atoms with Crippen molar-refractivity contribution in [1.29, 1.82) is 0 Å². The van der Waals surface area contributed by atoms with Crippen LogP contribution in [0.4, 0.5) is 5.69 Å². The Morgan fingerprint density at radius 3 is 2.59 bits per heavy atom. The van der Waals surface area contributed by atoms with Crippen molar-refractivity contribution in [3.63, 3.8) is 0 Å². The minimum Gasteiger partial charge on any atom is -0.507 e. The first-order valence-electron chi connectivity index (χ1n) is 6.38. The fourth-order valence-corrected chi connectivity index (χ4v) is 2.40. The van der Waals surface area contributed by atoms with Crippen molar-refractivity contribution in [2.75, 3.05) is 0 Å². The van der Waals surface area contributed by atoms with Crippen molar-refractivity contribution < 1.29 is 19.9 Å². The summed E-state index contributed by atoms with van der Waals surface area (Å²) in [4.78, 5) is 26.0. The second-order valence-electron chi connectivity index (χ2n) is 4.83. The molecule has 7 heteroatoms. The van der Waals surface area contributed by atoms with Gasteiger partial charge in [-0.3, -0.25) is 14.9 Å². The lowest BCUT2D eigenvalue weighted by Crippen LogP contribution is -2.24. The highest BCUT2D eigenvalue weighted by molar-refractivity contribution is 6.16. The number of carbonyl (C=O) groups is 1. The van der Waals surface area contributed by atoms with E-state index in [1.165, 1.54) is 30.3 Å². The van der Waals surface area contributed by atoms with E-state index in [0.29, 0.717) is 5.56 Å². The van der Waals surface area contributed by atoms with Gasteiger partial charge in [-0.1, -0.05) is 12.1 Å². The number of nitrogens with zero attached hydrogens (tertiary/aromatic N) is 2. The normalized spacial score (nSPS) is 12.9. The highest BCUT2D eigenvalue weighted by atomic mass is 16.6. The molecule has 0 radical (unpaired) electrons. The fourth-order valence-electron chi connectivity index (χ4n) is 2.40. The third-order valence-electron chi connectivity index (χ3n) is 3.41. The monoisotopic (exact) mass is 298 g/mol. The van der Waals surface area contributed by atoms with Crippen molar-refractivity contribution in [3.8, 4) is 11.5 Å². The topological polar surface area (TPSA) is 113 Å². The van der Waals surface area contributed by atoms with Crippen LogP contribution in [0.3, 0.4) is 0 Å². The van der Waals surface area contributed by atoms with E-state index in [1.807, 2.05) is 0 Å². The minimum absolute atomic E-state index is 0.0328. The standard InChI is InChI=1S/C15H10N2O5/c18-11-4-5-12(19)14-13(11)10(15(20)16-14)7-8-2-1-3-9(6-8)17(21)22/h1-6,18-19H,7H2. The number of rotatable bonds is 3. The zero-order valence-corrected chi connectivity index (χ0v) is 11.2. The zero-order chi connectivity index (χ0) is 15.9. The first-order valence-corrected chi connectivity index (χ1v) is 6.38. The summed E-state index contributed by atoms with van der Waals surface area (Å²) in [6.07, 6.45) is 0.0774. The van der Waals surface area contributed by atoms with E-state index in [4.69, 9.17) is 0 Å². The third-order valence-corrected chi connectivity index (χ3v) is 3.41. The lowest BCUT2D eigenvalue weighted by atomic mass is 10.0. The molecule has 2 aromatic rings. The molecule has 1 aliphatic heterocycles. The van der Waals surface area contributed by atoms with Crippen LogP contribution in [0.5, 0.6) is 11.5 Å². The molecule has 0 unspecified atom stereocenters. The van der Waals surface area contributed by atoms with Crippen molar-refractivity contribution >= 4 is 17.2 Å². The van der Waals surface area contributed by atoms with E-state index in [9.17, 15) is 25.1 Å². The molecular weight excluding hydrogens is 288 g/mol. The minimum atomic E-state index is -0.571. The van der Waals surface area contributed by atoms with Crippen molar-refractivity contribution in [2.24, 2.45) is 4.99 Å². The van der Waals surface area contributed by atoms with E-state index in [0.717, 1.165) is 0 Å². The summed E-state index contributed by atoms with van der Waals surface area (Å²) in [5.74, 6) is -0.934. The number of phenols is 2. The Morgan fingerprint density at radius 1 is 1.14 bits per heavy atom. The predicted octanol–water partition coefficient (Wildman–Crippen LogP) is 0.559. The second kappa shape index (κ2) is 4.96. The maximum Gasteiger partial charge on any atom is 0.274 e. The van der Waals surface area contributed by atoms with E-state index in [1.54, 1.807) is 6.07 Å². The van der Waals surface area contributed by atoms with Crippen molar-refractivity contribution in [2.45, 2.75) is 6.42 Å². The van der Waals surface area contributed by atoms with Crippen LogP contribution in [-0.4, -0.2) is 21.0 Å². The van der Waals surface area contributed by atoms with Crippen LogP contribution in [-0.2, 0) is 11.2 Å². The third kappa shape index (κ3) is 2.18. The lowest BCUT2D eigenvalue weighted by Gasteiger charge is -2.02. The highest BCUT2D eigenvalue weighted by Crippen LogP contribution is 2.19. The van der Waals surface area contributed by atoms with Crippen LogP contribution in [0, 0.1) is 10.1 Å². The van der Waals surface area contributed by atoms with Gasteiger partial charge in [-0.25, -0.2) is 4.99 Å². The molecule has 22 heavy (non-hydrogen) atoms. The Kier molecular flexibility index (Phi) is 3.10. The average Bonchev–Trinajstić information content (AvgIpc) is 2.82. The molecule has 110 valence electrons. The molecule has 2 N–H and O–H groups in total. The molecule has 0 aliphatic carbocycles. The van der Waals surface area contributed by atoms with Gasteiger partial charge in [0.1, 0.15) is 16.9 Å². The maximum atomic E-state index is 12.0. The van der Waals surface area contributed by atoms with Gasteiger partial charge < -0.3 is 10.2 Å². The van der Waals surface area contributed by atoms with Crippen LogP contribution >= 0.6 is 0 Å². The van der Waals surface area contributed by atoms with Gasteiger partial charge in [-0.15, -0.1) is 0 Å². The SMILES string of the molecule is O=C1N=c2c(O)ccc(O)c2=C1Cc1cccc([N+](=O)[O-])c1. The van der Waals surface area contributed by atoms with Crippen LogP contribution in [0.2, 0.25) is 0 Å². The second-order valence-corrected chi connectivity index (χ2v) is 4.83. The van der Waals surface area contributed by atoms with E-state index in [2.05, 4.69) is 4.99 Å². The fraction of sp³-hybridized carbons (Fsp3) is 0.0667. The van der Waals surface area contributed by atoms with E-state index < -0.39 is 10.8 Å². The Hall–Kier alpha value is -3.22. The number of nitro groups is 1. The molecule has 0 bridgehead atoms. The Balaban J connectivity index is 2.14. The van der Waals surface area contributed by atoms with Gasteiger partial charge in [0.05, 0.1) is 10.1 Å². The summed E-state index contributed by atoms with van der Waals surface area (Å²) in [5.41, 5.74) is 0.660. The predicted molar refractivity (Wildman–Crippen MR) is 75.8 cm³/mol. The van der Waals surface area contributed by atoms with Gasteiger partial charge in [0.25, 0.3) is 11.6 Å². The number of nitro benzene ring substituents is 1. The average molecular weight is 298 g/mol. The van der Waals surface area contributed by atoms with E-state index in [-0.39, 0.29) is 39.8 Å². The highest BCUT2D eigenvalue weighted by Gasteiger charge is 2.21. The molecule has 1 amide bonds. The van der Waals surface area contributed by atoms with Crippen LogP contribution in [0.25, 0.3) is 5.57 Å². The van der Waals surface area contributed by atoms with Crippen molar-refractivity contribution in [3.05, 3.63) is 62.7 Å². The number of hydrogen-bond donors (Lipinski definition) is 2. The maximum absolute atomic E-state index is 12.0. The largest absolute Gasteiger partial charge is 0.507 e. The number of aromatic hydroxyl groups is 2.